The zero-order chi connectivity index (χ0) is 16.1. The van der Waals surface area contributed by atoms with E-state index in [0.717, 1.165) is 23.3 Å². The third kappa shape index (κ3) is 3.74. The first kappa shape index (κ1) is 16.7. The van der Waals surface area contributed by atoms with E-state index in [4.69, 9.17) is 0 Å². The molecule has 1 aromatic carbocycles. The van der Waals surface area contributed by atoms with Crippen LogP contribution in [0.5, 0.6) is 0 Å². The normalized spacial score (nSPS) is 10.7. The van der Waals surface area contributed by atoms with Gasteiger partial charge in [-0.2, -0.15) is 0 Å². The minimum absolute atomic E-state index is 0.166. The summed E-state index contributed by atoms with van der Waals surface area (Å²) in [5.74, 6) is -0.652. The molecule has 1 amide bonds. The van der Waals surface area contributed by atoms with E-state index in [2.05, 4.69) is 0 Å². The maximum atomic E-state index is 14.4. The Morgan fingerprint density at radius 1 is 1.14 bits per heavy atom. The Labute approximate surface area is 135 Å². The predicted octanol–water partition coefficient (Wildman–Crippen LogP) is 5.12. The van der Waals surface area contributed by atoms with Crippen LogP contribution in [-0.4, -0.2) is 23.9 Å². The minimum Gasteiger partial charge on any atom is -0.339 e. The van der Waals surface area contributed by atoms with Crippen molar-refractivity contribution in [3.8, 4) is 10.4 Å². The van der Waals surface area contributed by atoms with Crippen molar-refractivity contribution >= 4 is 17.2 Å². The maximum absolute atomic E-state index is 14.4. The van der Waals surface area contributed by atoms with Crippen molar-refractivity contribution < 1.29 is 9.18 Å². The molecule has 118 valence electrons. The molecule has 0 aliphatic heterocycles. The van der Waals surface area contributed by atoms with Crippen LogP contribution in [0.15, 0.2) is 30.3 Å². The number of carbonyl (C=O) groups is 1. The molecule has 0 N–H and O–H groups in total. The molecule has 1 heterocycles. The number of amides is 1. The molecule has 0 unspecified atom stereocenters. The average molecular weight is 319 g/mol. The highest BCUT2D eigenvalue weighted by Gasteiger charge is 2.18. The molecule has 2 rings (SSSR count). The maximum Gasteiger partial charge on any atom is 0.256 e. The summed E-state index contributed by atoms with van der Waals surface area (Å²) in [4.78, 5) is 16.4. The van der Waals surface area contributed by atoms with Crippen molar-refractivity contribution in [1.29, 1.82) is 0 Å². The van der Waals surface area contributed by atoms with Crippen LogP contribution in [-0.2, 0) is 0 Å². The quantitative estimate of drug-likeness (QED) is 0.723. The van der Waals surface area contributed by atoms with Crippen LogP contribution >= 0.6 is 11.3 Å². The number of hydrogen-bond donors (Lipinski definition) is 0. The van der Waals surface area contributed by atoms with Crippen LogP contribution in [0.25, 0.3) is 10.4 Å². The van der Waals surface area contributed by atoms with Crippen molar-refractivity contribution in [3.63, 3.8) is 0 Å². The van der Waals surface area contributed by atoms with Gasteiger partial charge in [-0.15, -0.1) is 11.3 Å². The number of thiophene rings is 1. The Morgan fingerprint density at radius 3 is 2.32 bits per heavy atom. The van der Waals surface area contributed by atoms with E-state index in [0.29, 0.717) is 13.1 Å². The number of halogens is 1. The molecule has 0 bridgehead atoms. The molecule has 2 aromatic rings. The Balaban J connectivity index is 2.27. The van der Waals surface area contributed by atoms with Gasteiger partial charge < -0.3 is 4.90 Å². The Kier molecular flexibility index (Phi) is 5.72. The summed E-state index contributed by atoms with van der Waals surface area (Å²) in [5.41, 5.74) is 0.989. The summed E-state index contributed by atoms with van der Waals surface area (Å²) in [6.45, 7) is 7.40. The lowest BCUT2D eigenvalue weighted by molar-refractivity contribution is 0.0751. The summed E-state index contributed by atoms with van der Waals surface area (Å²) in [5, 5.41) is 0. The highest BCUT2D eigenvalue weighted by atomic mass is 32.1. The monoisotopic (exact) mass is 319 g/mol. The largest absolute Gasteiger partial charge is 0.339 e. The average Bonchev–Trinajstić information content (AvgIpc) is 2.93. The third-order valence-electron chi connectivity index (χ3n) is 3.50. The molecule has 1 aromatic heterocycles. The molecule has 0 fully saturated rings. The lowest BCUT2D eigenvalue weighted by Crippen LogP contribution is -2.33. The number of aryl methyl sites for hydroxylation is 1. The second kappa shape index (κ2) is 7.54. The Bertz CT molecular complexity index is 644. The highest BCUT2D eigenvalue weighted by molar-refractivity contribution is 7.15. The second-order valence-electron chi connectivity index (χ2n) is 5.40. The van der Waals surface area contributed by atoms with Gasteiger partial charge in [-0.05, 0) is 49.6 Å². The fourth-order valence-electron chi connectivity index (χ4n) is 2.46. The Morgan fingerprint density at radius 2 is 1.82 bits per heavy atom. The molecule has 0 atom stereocenters. The van der Waals surface area contributed by atoms with E-state index < -0.39 is 5.82 Å². The van der Waals surface area contributed by atoms with E-state index in [1.807, 2.05) is 39.0 Å². The number of hydrogen-bond acceptors (Lipinski definition) is 2. The van der Waals surface area contributed by atoms with Crippen LogP contribution in [0.1, 0.15) is 41.9 Å². The molecule has 0 aliphatic rings. The summed E-state index contributed by atoms with van der Waals surface area (Å²) in [6.07, 6.45) is 1.75. The van der Waals surface area contributed by atoms with Gasteiger partial charge in [-0.1, -0.05) is 19.9 Å². The third-order valence-corrected chi connectivity index (χ3v) is 4.55. The number of rotatable bonds is 6. The first-order chi connectivity index (χ1) is 10.6. The number of benzene rings is 1. The topological polar surface area (TPSA) is 20.3 Å². The number of carbonyl (C=O) groups excluding carboxylic acids is 1. The van der Waals surface area contributed by atoms with Gasteiger partial charge in [0.05, 0.1) is 5.56 Å². The van der Waals surface area contributed by atoms with Crippen molar-refractivity contribution in [2.45, 2.75) is 33.6 Å². The first-order valence-corrected chi connectivity index (χ1v) is 8.54. The van der Waals surface area contributed by atoms with Crippen LogP contribution in [0.3, 0.4) is 0 Å². The fourth-order valence-corrected chi connectivity index (χ4v) is 3.32. The van der Waals surface area contributed by atoms with Gasteiger partial charge in [0.1, 0.15) is 5.82 Å². The molecule has 0 radical (unpaired) electrons. The second-order valence-corrected chi connectivity index (χ2v) is 6.69. The molecular weight excluding hydrogens is 297 g/mol. The highest BCUT2D eigenvalue weighted by Crippen LogP contribution is 2.29. The Hall–Kier alpha value is -1.68. The summed E-state index contributed by atoms with van der Waals surface area (Å²) in [7, 11) is 0. The molecule has 0 aliphatic carbocycles. The molecule has 0 saturated heterocycles. The predicted molar refractivity (Wildman–Crippen MR) is 90.9 cm³/mol. The van der Waals surface area contributed by atoms with Crippen molar-refractivity contribution in [1.82, 2.24) is 4.90 Å². The van der Waals surface area contributed by atoms with Gasteiger partial charge in [-0.3, -0.25) is 4.79 Å². The lowest BCUT2D eigenvalue weighted by atomic mass is 10.1. The van der Waals surface area contributed by atoms with Crippen molar-refractivity contribution in [3.05, 3.63) is 46.6 Å². The van der Waals surface area contributed by atoms with Crippen molar-refractivity contribution in [2.24, 2.45) is 0 Å². The van der Waals surface area contributed by atoms with E-state index in [1.165, 1.54) is 10.9 Å². The summed E-state index contributed by atoms with van der Waals surface area (Å²) in [6, 6.07) is 8.91. The molecule has 22 heavy (non-hydrogen) atoms. The smallest absolute Gasteiger partial charge is 0.256 e. The SMILES string of the molecule is CCCN(CCC)C(=O)c1ccc(-c2ccc(C)s2)cc1F. The molecule has 0 spiro atoms. The zero-order valence-corrected chi connectivity index (χ0v) is 14.2. The lowest BCUT2D eigenvalue weighted by Gasteiger charge is -2.21. The van der Waals surface area contributed by atoms with Gasteiger partial charge in [0, 0.05) is 22.8 Å². The molecule has 2 nitrogen and oxygen atoms in total. The summed E-state index contributed by atoms with van der Waals surface area (Å²) < 4.78 is 14.4. The van der Waals surface area contributed by atoms with Crippen LogP contribution in [0.2, 0.25) is 0 Å². The van der Waals surface area contributed by atoms with Gasteiger partial charge in [0.25, 0.3) is 5.91 Å². The number of nitrogens with zero attached hydrogens (tertiary/aromatic N) is 1. The molecule has 0 saturated carbocycles. The van der Waals surface area contributed by atoms with Crippen molar-refractivity contribution in [2.75, 3.05) is 13.1 Å². The van der Waals surface area contributed by atoms with E-state index >= 15 is 0 Å². The first-order valence-electron chi connectivity index (χ1n) is 7.72. The van der Waals surface area contributed by atoms with E-state index in [-0.39, 0.29) is 11.5 Å². The minimum atomic E-state index is -0.439. The standard InChI is InChI=1S/C18H22FNOS/c1-4-10-20(11-5-2)18(21)15-8-7-14(12-16(15)19)17-9-6-13(3)22-17/h6-9,12H,4-5,10-11H2,1-3H3. The zero-order valence-electron chi connectivity index (χ0n) is 13.4. The van der Waals surface area contributed by atoms with Crippen LogP contribution in [0, 0.1) is 12.7 Å². The van der Waals surface area contributed by atoms with Crippen LogP contribution in [0.4, 0.5) is 4.39 Å². The van der Waals surface area contributed by atoms with Crippen LogP contribution < -0.4 is 0 Å². The van der Waals surface area contributed by atoms with Gasteiger partial charge in [0.2, 0.25) is 0 Å². The van der Waals surface area contributed by atoms with Gasteiger partial charge in [-0.25, -0.2) is 4.39 Å². The van der Waals surface area contributed by atoms with Gasteiger partial charge in [0.15, 0.2) is 0 Å². The van der Waals surface area contributed by atoms with Gasteiger partial charge >= 0.3 is 0 Å². The van der Waals surface area contributed by atoms with E-state index in [1.54, 1.807) is 22.3 Å². The van der Waals surface area contributed by atoms with E-state index in [9.17, 15) is 9.18 Å². The fraction of sp³-hybridized carbons (Fsp3) is 0.389. The molecule has 4 heteroatoms. The molecular formula is C18H22FNOS. The summed E-state index contributed by atoms with van der Waals surface area (Å²) >= 11 is 1.62.